The second-order valence-electron chi connectivity index (χ2n) is 6.54. The first-order chi connectivity index (χ1) is 12.1. The highest BCUT2D eigenvalue weighted by molar-refractivity contribution is 5.95. The van der Waals surface area contributed by atoms with Crippen molar-refractivity contribution >= 4 is 5.91 Å². The van der Waals surface area contributed by atoms with E-state index in [4.69, 9.17) is 9.47 Å². The van der Waals surface area contributed by atoms with E-state index in [2.05, 4.69) is 13.5 Å². The van der Waals surface area contributed by atoms with Crippen molar-refractivity contribution in [2.24, 2.45) is 5.41 Å². The number of ether oxygens (including phenoxy) is 2. The molecule has 0 unspecified atom stereocenters. The lowest BCUT2D eigenvalue weighted by Gasteiger charge is -2.41. The second kappa shape index (κ2) is 8.90. The summed E-state index contributed by atoms with van der Waals surface area (Å²) in [5, 5.41) is 9.76. The van der Waals surface area contributed by atoms with Gasteiger partial charge in [-0.3, -0.25) is 4.79 Å². The molecular formula is C20H29NO4. The van der Waals surface area contributed by atoms with Crippen molar-refractivity contribution in [2.45, 2.75) is 33.1 Å². The second-order valence-corrected chi connectivity index (χ2v) is 6.54. The van der Waals surface area contributed by atoms with E-state index < -0.39 is 0 Å². The van der Waals surface area contributed by atoms with Crippen molar-refractivity contribution in [3.63, 3.8) is 0 Å². The van der Waals surface area contributed by atoms with E-state index in [-0.39, 0.29) is 17.9 Å². The third kappa shape index (κ3) is 4.54. The fraction of sp³-hybridized carbons (Fsp3) is 0.550. The number of benzene rings is 1. The lowest BCUT2D eigenvalue weighted by molar-refractivity contribution is 0.0251. The number of hydrogen-bond acceptors (Lipinski definition) is 4. The van der Waals surface area contributed by atoms with E-state index in [1.165, 1.54) is 0 Å². The van der Waals surface area contributed by atoms with Crippen LogP contribution in [0.25, 0.3) is 0 Å². The van der Waals surface area contributed by atoms with Crippen molar-refractivity contribution in [3.05, 3.63) is 36.4 Å². The largest absolute Gasteiger partial charge is 0.490 e. The molecule has 1 aromatic rings. The molecule has 1 heterocycles. The molecule has 1 atom stereocenters. The number of aliphatic hydroxyl groups excluding tert-OH is 1. The van der Waals surface area contributed by atoms with Crippen LogP contribution >= 0.6 is 0 Å². The fourth-order valence-electron chi connectivity index (χ4n) is 3.27. The summed E-state index contributed by atoms with van der Waals surface area (Å²) in [5.74, 6) is 1.15. The molecule has 138 valence electrons. The molecular weight excluding hydrogens is 318 g/mol. The van der Waals surface area contributed by atoms with Crippen LogP contribution in [0.15, 0.2) is 30.9 Å². The number of amides is 1. The number of carbonyl (C=O) groups excluding carboxylic acids is 1. The summed E-state index contributed by atoms with van der Waals surface area (Å²) in [4.78, 5) is 14.8. The van der Waals surface area contributed by atoms with Crippen molar-refractivity contribution < 1.29 is 19.4 Å². The number of rotatable bonds is 8. The standard InChI is InChI=1S/C20H29NO4/c1-4-12-25-17-9-8-16(13-18(17)24-6-3)19(23)21-11-7-10-20(5-2,14-21)15-22/h4,8-9,13,22H,1,5-7,10-12,14-15H2,2-3H3/t20-/m0/s1. The van der Waals surface area contributed by atoms with Gasteiger partial charge in [0.1, 0.15) is 6.61 Å². The number of aliphatic hydroxyl groups is 1. The molecule has 1 fully saturated rings. The van der Waals surface area contributed by atoms with Crippen LogP contribution in [0, 0.1) is 5.41 Å². The van der Waals surface area contributed by atoms with Gasteiger partial charge in [-0.25, -0.2) is 0 Å². The molecule has 2 rings (SSSR count). The van der Waals surface area contributed by atoms with E-state index >= 15 is 0 Å². The van der Waals surface area contributed by atoms with E-state index in [1.54, 1.807) is 24.3 Å². The molecule has 5 nitrogen and oxygen atoms in total. The van der Waals surface area contributed by atoms with Crippen molar-refractivity contribution in [1.29, 1.82) is 0 Å². The maximum absolute atomic E-state index is 12.9. The van der Waals surface area contributed by atoms with Crippen molar-refractivity contribution in [2.75, 3.05) is 32.9 Å². The molecule has 1 aliphatic rings. The predicted molar refractivity (Wildman–Crippen MR) is 98.3 cm³/mol. The number of likely N-dealkylation sites (tertiary alicyclic amines) is 1. The fourth-order valence-corrected chi connectivity index (χ4v) is 3.27. The van der Waals surface area contributed by atoms with Gasteiger partial charge in [0.05, 0.1) is 13.2 Å². The summed E-state index contributed by atoms with van der Waals surface area (Å²) in [6.45, 7) is 9.92. The smallest absolute Gasteiger partial charge is 0.254 e. The normalized spacial score (nSPS) is 20.2. The van der Waals surface area contributed by atoms with E-state index in [0.29, 0.717) is 36.8 Å². The van der Waals surface area contributed by atoms with Gasteiger partial charge in [-0.2, -0.15) is 0 Å². The molecule has 0 bridgehead atoms. The molecule has 1 amide bonds. The number of carbonyl (C=O) groups is 1. The molecule has 1 N–H and O–H groups in total. The molecule has 1 aliphatic heterocycles. The van der Waals surface area contributed by atoms with Crippen LogP contribution in [-0.4, -0.2) is 48.8 Å². The lowest BCUT2D eigenvalue weighted by atomic mass is 9.78. The van der Waals surface area contributed by atoms with Gasteiger partial charge in [0.2, 0.25) is 0 Å². The summed E-state index contributed by atoms with van der Waals surface area (Å²) in [7, 11) is 0. The van der Waals surface area contributed by atoms with Gasteiger partial charge in [-0.1, -0.05) is 19.6 Å². The average Bonchev–Trinajstić information content (AvgIpc) is 2.66. The number of piperidine rings is 1. The third-order valence-corrected chi connectivity index (χ3v) is 4.88. The zero-order chi connectivity index (χ0) is 18.3. The zero-order valence-electron chi connectivity index (χ0n) is 15.3. The molecule has 1 saturated heterocycles. The van der Waals surface area contributed by atoms with Gasteiger partial charge in [0.25, 0.3) is 5.91 Å². The molecule has 25 heavy (non-hydrogen) atoms. The topological polar surface area (TPSA) is 59.0 Å². The lowest BCUT2D eigenvalue weighted by Crippen LogP contribution is -2.47. The SMILES string of the molecule is C=CCOc1ccc(C(=O)N2CCC[C@](CC)(CO)C2)cc1OCC. The summed E-state index contributed by atoms with van der Waals surface area (Å²) < 4.78 is 11.2. The van der Waals surface area contributed by atoms with Gasteiger partial charge >= 0.3 is 0 Å². The first-order valence-corrected chi connectivity index (χ1v) is 8.99. The molecule has 0 radical (unpaired) electrons. The Hall–Kier alpha value is -2.01. The highest BCUT2D eigenvalue weighted by Crippen LogP contribution is 2.34. The Morgan fingerprint density at radius 1 is 1.36 bits per heavy atom. The molecule has 5 heteroatoms. The highest BCUT2D eigenvalue weighted by atomic mass is 16.5. The molecule has 1 aromatic carbocycles. The summed E-state index contributed by atoms with van der Waals surface area (Å²) >= 11 is 0. The van der Waals surface area contributed by atoms with Crippen LogP contribution in [0.3, 0.4) is 0 Å². The minimum atomic E-state index is -0.177. The average molecular weight is 347 g/mol. The highest BCUT2D eigenvalue weighted by Gasteiger charge is 2.35. The van der Waals surface area contributed by atoms with Crippen LogP contribution in [0.2, 0.25) is 0 Å². The van der Waals surface area contributed by atoms with E-state index in [9.17, 15) is 9.90 Å². The van der Waals surface area contributed by atoms with Crippen molar-refractivity contribution in [3.8, 4) is 11.5 Å². The van der Waals surface area contributed by atoms with Gasteiger partial charge < -0.3 is 19.5 Å². The monoisotopic (exact) mass is 347 g/mol. The van der Waals surface area contributed by atoms with Crippen molar-refractivity contribution in [1.82, 2.24) is 4.90 Å². The van der Waals surface area contributed by atoms with Crippen LogP contribution in [0.5, 0.6) is 11.5 Å². The number of nitrogens with zero attached hydrogens (tertiary/aromatic N) is 1. The van der Waals surface area contributed by atoms with E-state index in [1.807, 2.05) is 11.8 Å². The maximum atomic E-state index is 12.9. The predicted octanol–water partition coefficient (Wildman–Crippen LogP) is 3.27. The first-order valence-electron chi connectivity index (χ1n) is 8.99. The maximum Gasteiger partial charge on any atom is 0.254 e. The molecule has 0 saturated carbocycles. The zero-order valence-corrected chi connectivity index (χ0v) is 15.3. The van der Waals surface area contributed by atoms with Crippen LogP contribution in [-0.2, 0) is 0 Å². The van der Waals surface area contributed by atoms with Gasteiger partial charge in [-0.05, 0) is 44.4 Å². The van der Waals surface area contributed by atoms with Gasteiger partial charge in [0.15, 0.2) is 11.5 Å². The molecule has 0 aromatic heterocycles. The van der Waals surface area contributed by atoms with Gasteiger partial charge in [0, 0.05) is 24.1 Å². The van der Waals surface area contributed by atoms with Gasteiger partial charge in [-0.15, -0.1) is 0 Å². The van der Waals surface area contributed by atoms with Crippen LogP contribution in [0.4, 0.5) is 0 Å². The Morgan fingerprint density at radius 2 is 2.16 bits per heavy atom. The number of hydrogen-bond donors (Lipinski definition) is 1. The minimum absolute atomic E-state index is 0.0257. The van der Waals surface area contributed by atoms with Crippen LogP contribution in [0.1, 0.15) is 43.5 Å². The van der Waals surface area contributed by atoms with Crippen LogP contribution < -0.4 is 9.47 Å². The Kier molecular flexibility index (Phi) is 6.88. The summed E-state index contributed by atoms with van der Waals surface area (Å²) in [6.07, 6.45) is 4.41. The minimum Gasteiger partial charge on any atom is -0.490 e. The summed E-state index contributed by atoms with van der Waals surface area (Å²) in [6, 6.07) is 5.28. The molecule has 0 aliphatic carbocycles. The Morgan fingerprint density at radius 3 is 2.80 bits per heavy atom. The van der Waals surface area contributed by atoms with E-state index in [0.717, 1.165) is 25.8 Å². The summed E-state index contributed by atoms with van der Waals surface area (Å²) in [5.41, 5.74) is 0.406. The Bertz CT molecular complexity index is 595. The quantitative estimate of drug-likeness (QED) is 0.733. The third-order valence-electron chi connectivity index (χ3n) is 4.88. The molecule has 0 spiro atoms. The Labute approximate surface area is 150 Å². The Balaban J connectivity index is 2.20. The first kappa shape index (κ1) is 19.3.